The lowest BCUT2D eigenvalue weighted by Gasteiger charge is -2.23. The zero-order valence-electron chi connectivity index (χ0n) is 18.8. The molecule has 0 bridgehead atoms. The Bertz CT molecular complexity index is 1530. The molecule has 3 aromatic rings. The number of nitro groups is 1. The third-order valence-corrected chi connectivity index (χ3v) is 7.71. The fourth-order valence-corrected chi connectivity index (χ4v) is 5.76. The van der Waals surface area contributed by atoms with Gasteiger partial charge in [-0.1, -0.05) is 42.0 Å². The monoisotopic (exact) mass is 514 g/mol. The van der Waals surface area contributed by atoms with Crippen molar-refractivity contribution in [3.63, 3.8) is 0 Å². The van der Waals surface area contributed by atoms with Crippen LogP contribution in [0.15, 0.2) is 82.8 Å². The molecule has 4 rings (SSSR count). The van der Waals surface area contributed by atoms with Crippen molar-refractivity contribution in [2.24, 2.45) is 5.10 Å². The minimum absolute atomic E-state index is 0.0380. The third kappa shape index (κ3) is 5.33. The molecular weight excluding hydrogens is 492 g/mol. The molecule has 1 heterocycles. The molecule has 0 spiro atoms. The van der Waals surface area contributed by atoms with Crippen molar-refractivity contribution in [2.75, 3.05) is 11.0 Å². The summed E-state index contributed by atoms with van der Waals surface area (Å²) in [6.07, 6.45) is 1.16. The Morgan fingerprint density at radius 3 is 2.34 bits per heavy atom. The lowest BCUT2D eigenvalue weighted by molar-refractivity contribution is -0.384. The average Bonchev–Trinajstić information content (AvgIpc) is 3.25. The van der Waals surface area contributed by atoms with Crippen LogP contribution < -0.4 is 4.72 Å². The number of anilines is 1. The summed E-state index contributed by atoms with van der Waals surface area (Å²) in [5.74, 6) is 0. The maximum atomic E-state index is 13.6. The number of rotatable bonds is 7. The Morgan fingerprint density at radius 1 is 1.00 bits per heavy atom. The number of hydrazone groups is 1. The summed E-state index contributed by atoms with van der Waals surface area (Å²) in [5.41, 5.74) is 2.37. The standard InChI is InChI=1S/C23H22N4O6S2/c1-16-9-11-21(12-10-16)35(32,33)26-23(18-6-4-8-20(14-18)27(28)29)15-22(24-26)17-5-3-7-19(13-17)25-34(2,30)31/h3-14,23,25H,15H2,1-2H3/t23-/m1/s1. The first-order valence-corrected chi connectivity index (χ1v) is 13.8. The zero-order valence-corrected chi connectivity index (χ0v) is 20.5. The smallest absolute Gasteiger partial charge is 0.279 e. The third-order valence-electron chi connectivity index (χ3n) is 5.40. The highest BCUT2D eigenvalue weighted by Crippen LogP contribution is 2.38. The van der Waals surface area contributed by atoms with Crippen LogP contribution in [0.5, 0.6) is 0 Å². The molecule has 0 saturated heterocycles. The van der Waals surface area contributed by atoms with Gasteiger partial charge in [0.25, 0.3) is 15.7 Å². The predicted molar refractivity (Wildman–Crippen MR) is 132 cm³/mol. The number of hydrogen-bond donors (Lipinski definition) is 1. The van der Waals surface area contributed by atoms with Crippen LogP contribution in [0.2, 0.25) is 0 Å². The van der Waals surface area contributed by atoms with Gasteiger partial charge in [0, 0.05) is 24.2 Å². The van der Waals surface area contributed by atoms with Crippen molar-refractivity contribution in [1.29, 1.82) is 0 Å². The molecule has 1 atom stereocenters. The second kappa shape index (κ2) is 9.12. The predicted octanol–water partition coefficient (Wildman–Crippen LogP) is 3.81. The maximum absolute atomic E-state index is 13.6. The highest BCUT2D eigenvalue weighted by molar-refractivity contribution is 7.92. The SMILES string of the molecule is Cc1ccc(S(=O)(=O)N2N=C(c3cccc(NS(C)(=O)=O)c3)C[C@@H]2c2cccc([N+](=O)[O-])c2)cc1. The van der Waals surface area contributed by atoms with Crippen LogP contribution in [0.3, 0.4) is 0 Å². The summed E-state index contributed by atoms with van der Waals surface area (Å²) in [7, 11) is -7.62. The maximum Gasteiger partial charge on any atom is 0.279 e. The van der Waals surface area contributed by atoms with E-state index in [4.69, 9.17) is 0 Å². The fraction of sp³-hybridized carbons (Fsp3) is 0.174. The molecule has 1 N–H and O–H groups in total. The summed E-state index contributed by atoms with van der Waals surface area (Å²) >= 11 is 0. The summed E-state index contributed by atoms with van der Waals surface area (Å²) in [6.45, 7) is 1.84. The van der Waals surface area contributed by atoms with E-state index in [2.05, 4.69) is 9.82 Å². The highest BCUT2D eigenvalue weighted by atomic mass is 32.2. The van der Waals surface area contributed by atoms with Crippen molar-refractivity contribution in [2.45, 2.75) is 24.3 Å². The molecule has 182 valence electrons. The average molecular weight is 515 g/mol. The van der Waals surface area contributed by atoms with Crippen LogP contribution in [0.1, 0.15) is 29.2 Å². The largest absolute Gasteiger partial charge is 0.284 e. The first-order valence-electron chi connectivity index (χ1n) is 10.5. The lowest BCUT2D eigenvalue weighted by atomic mass is 9.98. The molecule has 0 radical (unpaired) electrons. The Labute approximate surface area is 203 Å². The van der Waals surface area contributed by atoms with E-state index in [1.165, 1.54) is 30.3 Å². The van der Waals surface area contributed by atoms with Crippen LogP contribution in [0.25, 0.3) is 0 Å². The normalized spacial score (nSPS) is 16.1. The minimum atomic E-state index is -4.10. The van der Waals surface area contributed by atoms with Gasteiger partial charge in [-0.05, 0) is 42.3 Å². The number of sulfonamides is 2. The van der Waals surface area contributed by atoms with E-state index in [1.807, 2.05) is 6.92 Å². The molecule has 0 unspecified atom stereocenters. The van der Waals surface area contributed by atoms with E-state index in [1.54, 1.807) is 42.5 Å². The molecule has 0 fully saturated rings. The quantitative estimate of drug-likeness (QED) is 0.376. The van der Waals surface area contributed by atoms with Crippen molar-refractivity contribution in [1.82, 2.24) is 4.41 Å². The van der Waals surface area contributed by atoms with Gasteiger partial charge in [0.2, 0.25) is 10.0 Å². The van der Waals surface area contributed by atoms with Crippen molar-refractivity contribution < 1.29 is 21.8 Å². The molecule has 0 saturated carbocycles. The topological polar surface area (TPSA) is 139 Å². The molecule has 35 heavy (non-hydrogen) atoms. The summed E-state index contributed by atoms with van der Waals surface area (Å²) < 4.78 is 53.8. The fourth-order valence-electron chi connectivity index (χ4n) is 3.77. The Hall–Kier alpha value is -3.77. The van der Waals surface area contributed by atoms with E-state index in [0.717, 1.165) is 16.2 Å². The van der Waals surface area contributed by atoms with Crippen LogP contribution in [-0.2, 0) is 20.0 Å². The molecule has 12 heteroatoms. The van der Waals surface area contributed by atoms with Gasteiger partial charge >= 0.3 is 0 Å². The van der Waals surface area contributed by atoms with Crippen molar-refractivity contribution in [3.8, 4) is 0 Å². The van der Waals surface area contributed by atoms with E-state index < -0.39 is 31.0 Å². The number of hydrogen-bond acceptors (Lipinski definition) is 7. The first kappa shape index (κ1) is 24.4. The van der Waals surface area contributed by atoms with Gasteiger partial charge in [0.1, 0.15) is 0 Å². The molecule has 10 nitrogen and oxygen atoms in total. The number of nitrogens with zero attached hydrogens (tertiary/aromatic N) is 3. The van der Waals surface area contributed by atoms with Crippen LogP contribution in [-0.4, -0.2) is 38.1 Å². The summed E-state index contributed by atoms with van der Waals surface area (Å²) in [4.78, 5) is 10.8. The molecular formula is C23H22N4O6S2. The molecule has 0 aliphatic carbocycles. The van der Waals surface area contributed by atoms with E-state index in [0.29, 0.717) is 22.5 Å². The van der Waals surface area contributed by atoms with Gasteiger partial charge in [0.15, 0.2) is 0 Å². The summed E-state index contributed by atoms with van der Waals surface area (Å²) in [6, 6.07) is 17.7. The van der Waals surface area contributed by atoms with E-state index in [9.17, 15) is 26.9 Å². The molecule has 1 aliphatic heterocycles. The Kier molecular flexibility index (Phi) is 6.34. The minimum Gasteiger partial charge on any atom is -0.284 e. The van der Waals surface area contributed by atoms with Crippen molar-refractivity contribution >= 4 is 37.1 Å². The van der Waals surface area contributed by atoms with E-state index in [-0.39, 0.29) is 17.0 Å². The molecule has 1 aliphatic rings. The highest BCUT2D eigenvalue weighted by Gasteiger charge is 2.38. The number of nitro benzene ring substituents is 1. The van der Waals surface area contributed by atoms with Gasteiger partial charge < -0.3 is 0 Å². The van der Waals surface area contributed by atoms with Crippen LogP contribution in [0, 0.1) is 17.0 Å². The van der Waals surface area contributed by atoms with Gasteiger partial charge in [-0.15, -0.1) is 0 Å². The van der Waals surface area contributed by atoms with Gasteiger partial charge in [-0.25, -0.2) is 8.42 Å². The van der Waals surface area contributed by atoms with Crippen molar-refractivity contribution in [3.05, 3.63) is 99.6 Å². The summed E-state index contributed by atoms with van der Waals surface area (Å²) in [5, 5.41) is 15.7. The molecule has 0 aromatic heterocycles. The number of non-ortho nitro benzene ring substituents is 1. The molecule has 3 aromatic carbocycles. The number of nitrogens with one attached hydrogen (secondary N) is 1. The Morgan fingerprint density at radius 2 is 1.69 bits per heavy atom. The van der Waals surface area contributed by atoms with Crippen LogP contribution in [0.4, 0.5) is 11.4 Å². The zero-order chi connectivity index (χ0) is 25.4. The van der Waals surface area contributed by atoms with Gasteiger partial charge in [0.05, 0.1) is 27.8 Å². The second-order valence-electron chi connectivity index (χ2n) is 8.16. The second-order valence-corrected chi connectivity index (χ2v) is 11.7. The van der Waals surface area contributed by atoms with Gasteiger partial charge in [-0.3, -0.25) is 14.8 Å². The van der Waals surface area contributed by atoms with Crippen LogP contribution >= 0.6 is 0 Å². The number of benzene rings is 3. The van der Waals surface area contributed by atoms with Gasteiger partial charge in [-0.2, -0.15) is 17.9 Å². The molecule has 0 amide bonds. The first-order chi connectivity index (χ1) is 16.4. The van der Waals surface area contributed by atoms with E-state index >= 15 is 0 Å². The Balaban J connectivity index is 1.80. The number of aryl methyl sites for hydroxylation is 1. The lowest BCUT2D eigenvalue weighted by Crippen LogP contribution is -2.27.